The molecule has 46 valence electrons. The van der Waals surface area contributed by atoms with Crippen LogP contribution in [0.25, 0.3) is 0 Å². The maximum absolute atomic E-state index is 10.1. The van der Waals surface area contributed by atoms with E-state index in [-0.39, 0.29) is 0 Å². The van der Waals surface area contributed by atoms with Gasteiger partial charge in [0.05, 0.1) is 0 Å². The fraction of sp³-hybridized carbons (Fsp3) is 0.500. The Bertz CT molecular complexity index is 116. The van der Waals surface area contributed by atoms with Crippen molar-refractivity contribution in [2.24, 2.45) is 0 Å². The summed E-state index contributed by atoms with van der Waals surface area (Å²) < 4.78 is 1.24. The number of hydrogen-bond donors (Lipinski definition) is 0. The molecule has 0 aliphatic rings. The topological polar surface area (TPSA) is 17.1 Å². The molecule has 0 atom stereocenters. The summed E-state index contributed by atoms with van der Waals surface area (Å²) in [6.45, 7) is 3.86. The Morgan fingerprint density at radius 3 is 2.12 bits per heavy atom. The molecule has 0 heterocycles. The van der Waals surface area contributed by atoms with Gasteiger partial charge in [0.15, 0.2) is 0 Å². The van der Waals surface area contributed by atoms with Crippen LogP contribution in [0.1, 0.15) is 13.8 Å². The average Bonchev–Trinajstić information content (AvgIpc) is 1.84. The Kier molecular flexibility index (Phi) is 3.84. The van der Waals surface area contributed by atoms with Crippen LogP contribution in [0.4, 0.5) is 0 Å². The van der Waals surface area contributed by atoms with E-state index in [0.29, 0.717) is 15.0 Å². The Hall–Kier alpha value is -0.0705. The van der Waals surface area contributed by atoms with Gasteiger partial charge in [0.25, 0.3) is 0 Å². The van der Waals surface area contributed by atoms with Gasteiger partial charge in [-0.05, 0) is 0 Å². The zero-order valence-corrected chi connectivity index (χ0v) is 7.11. The quantitative estimate of drug-likeness (QED) is 0.352. The fourth-order valence-corrected chi connectivity index (χ4v) is 1.02. The molecule has 0 aliphatic heterocycles. The molecule has 0 aromatic carbocycles. The summed E-state index contributed by atoms with van der Waals surface area (Å²) in [5.41, 5.74) is 0.896. The minimum absolute atomic E-state index is 0.505. The van der Waals surface area contributed by atoms with Gasteiger partial charge < -0.3 is 0 Å². The summed E-state index contributed by atoms with van der Waals surface area (Å²) in [6, 6.07) is 0. The molecule has 0 rings (SSSR count). The monoisotopic (exact) mass is 178 g/mol. The summed E-state index contributed by atoms with van der Waals surface area (Å²) in [6.07, 6.45) is 0.917. The Morgan fingerprint density at radius 2 is 2.00 bits per heavy atom. The van der Waals surface area contributed by atoms with Crippen LogP contribution in [-0.4, -0.2) is 21.2 Å². The van der Waals surface area contributed by atoms with Gasteiger partial charge in [-0.2, -0.15) is 0 Å². The van der Waals surface area contributed by atoms with E-state index < -0.39 is 0 Å². The maximum atomic E-state index is 10.1. The summed E-state index contributed by atoms with van der Waals surface area (Å²) in [7, 11) is 0. The molecule has 8 heavy (non-hydrogen) atoms. The van der Waals surface area contributed by atoms with Crippen LogP contribution >= 0.6 is 0 Å². The van der Waals surface area contributed by atoms with Gasteiger partial charge in [0.2, 0.25) is 0 Å². The molecule has 2 heteroatoms. The van der Waals surface area contributed by atoms with Crippen molar-refractivity contribution < 1.29 is 4.79 Å². The van der Waals surface area contributed by atoms with E-state index in [0.717, 1.165) is 11.9 Å². The van der Waals surface area contributed by atoms with E-state index in [1.54, 1.807) is 0 Å². The second-order valence-electron chi connectivity index (χ2n) is 1.56. The molecule has 0 fully saturated rings. The third-order valence-corrected chi connectivity index (χ3v) is 3.00. The van der Waals surface area contributed by atoms with Crippen molar-refractivity contribution in [3.8, 4) is 0 Å². The van der Waals surface area contributed by atoms with Crippen LogP contribution in [0.3, 0.4) is 0 Å². The molecular weight excluding hydrogens is 167 g/mol. The van der Waals surface area contributed by atoms with Crippen molar-refractivity contribution in [1.82, 2.24) is 0 Å². The number of allylic oxidation sites excluding steroid dienone is 2. The summed E-state index contributed by atoms with van der Waals surface area (Å²) in [5, 5.41) is 0. The van der Waals surface area contributed by atoms with E-state index in [1.165, 1.54) is 4.47 Å². The van der Waals surface area contributed by atoms with Crippen LogP contribution < -0.4 is 0 Å². The number of carbonyl (C=O) groups is 1. The van der Waals surface area contributed by atoms with Crippen LogP contribution in [0.2, 0.25) is 5.82 Å². The average molecular weight is 177 g/mol. The molecule has 0 N–H and O–H groups in total. The Labute approximate surface area is 56.3 Å². The van der Waals surface area contributed by atoms with E-state index in [1.807, 2.05) is 13.8 Å². The molecule has 0 radical (unpaired) electrons. The predicted molar refractivity (Wildman–Crippen MR) is 36.1 cm³/mol. The van der Waals surface area contributed by atoms with Gasteiger partial charge in [-0.15, -0.1) is 0 Å². The molecule has 1 nitrogen and oxygen atoms in total. The summed E-state index contributed by atoms with van der Waals surface area (Å²) in [4.78, 5) is 10.1. The van der Waals surface area contributed by atoms with E-state index >= 15 is 0 Å². The molecule has 0 amide bonds. The van der Waals surface area contributed by atoms with Crippen molar-refractivity contribution in [2.45, 2.75) is 19.7 Å². The molecule has 0 spiro atoms. The van der Waals surface area contributed by atoms with Crippen LogP contribution in [0.15, 0.2) is 10.0 Å². The normalized spacial score (nSPS) is 12.9. The number of carbonyl (C=O) groups excluding carboxylic acids is 1. The third kappa shape index (κ3) is 2.29. The van der Waals surface area contributed by atoms with Crippen LogP contribution in [0, 0.1) is 0 Å². The molecule has 0 unspecified atom stereocenters. The van der Waals surface area contributed by atoms with Gasteiger partial charge in [-0.1, -0.05) is 0 Å². The van der Waals surface area contributed by atoms with Crippen molar-refractivity contribution in [1.29, 1.82) is 0 Å². The van der Waals surface area contributed by atoms with Gasteiger partial charge in [0, 0.05) is 0 Å². The number of rotatable bonds is 2. The Morgan fingerprint density at radius 1 is 1.50 bits per heavy atom. The molecule has 0 aromatic heterocycles. The standard InChI is InChI=1S/C6H10OSe/c1-5(4-7)6(2)8-3/h4H,1-3H3/b6-5-. The fourth-order valence-electron chi connectivity index (χ4n) is 0.244. The zero-order chi connectivity index (χ0) is 6.57. The van der Waals surface area contributed by atoms with Gasteiger partial charge in [-0.25, -0.2) is 0 Å². The first kappa shape index (κ1) is 7.93. The molecule has 0 saturated heterocycles. The van der Waals surface area contributed by atoms with E-state index in [4.69, 9.17) is 0 Å². The van der Waals surface area contributed by atoms with Gasteiger partial charge in [-0.3, -0.25) is 0 Å². The second-order valence-corrected chi connectivity index (χ2v) is 3.70. The van der Waals surface area contributed by atoms with E-state index in [9.17, 15) is 4.79 Å². The number of hydrogen-bond acceptors (Lipinski definition) is 1. The molecule has 0 aromatic rings. The van der Waals surface area contributed by atoms with Gasteiger partial charge >= 0.3 is 55.8 Å². The first-order chi connectivity index (χ1) is 3.72. The van der Waals surface area contributed by atoms with Crippen molar-refractivity contribution in [3.63, 3.8) is 0 Å². The second kappa shape index (κ2) is 3.87. The third-order valence-electron chi connectivity index (χ3n) is 1.04. The zero-order valence-electron chi connectivity index (χ0n) is 5.39. The van der Waals surface area contributed by atoms with Crippen molar-refractivity contribution in [2.75, 3.05) is 0 Å². The molecule has 0 bridgehead atoms. The Balaban J connectivity index is 4.03. The first-order valence-electron chi connectivity index (χ1n) is 2.39. The van der Waals surface area contributed by atoms with Gasteiger partial charge in [0.1, 0.15) is 0 Å². The first-order valence-corrected chi connectivity index (χ1v) is 4.96. The molecular formula is C6H10OSe. The minimum atomic E-state index is 0.505. The summed E-state index contributed by atoms with van der Waals surface area (Å²) in [5.74, 6) is 2.11. The van der Waals surface area contributed by atoms with Crippen LogP contribution in [-0.2, 0) is 4.79 Å². The van der Waals surface area contributed by atoms with Crippen LogP contribution in [0.5, 0.6) is 0 Å². The summed E-state index contributed by atoms with van der Waals surface area (Å²) >= 11 is 0.505. The predicted octanol–water partition coefficient (Wildman–Crippen LogP) is 1.23. The molecule has 0 aliphatic carbocycles. The van der Waals surface area contributed by atoms with E-state index in [2.05, 4.69) is 5.82 Å². The SMILES string of the molecule is C[Se]/C(C)=C(/C)C=O. The van der Waals surface area contributed by atoms with Crippen molar-refractivity contribution in [3.05, 3.63) is 10.0 Å². The number of aldehydes is 1. The van der Waals surface area contributed by atoms with Crippen molar-refractivity contribution >= 4 is 21.2 Å². The molecule has 0 saturated carbocycles.